The van der Waals surface area contributed by atoms with Crippen molar-refractivity contribution in [3.63, 3.8) is 0 Å². The van der Waals surface area contributed by atoms with Gasteiger partial charge in [-0.2, -0.15) is 0 Å². The number of amides is 2. The van der Waals surface area contributed by atoms with Gasteiger partial charge in [0.15, 0.2) is 0 Å². The van der Waals surface area contributed by atoms with Crippen LogP contribution in [0.1, 0.15) is 16.6 Å². The number of nitrogens with zero attached hydrogens (tertiary/aromatic N) is 1. The molecule has 0 spiro atoms. The van der Waals surface area contributed by atoms with Gasteiger partial charge in [0.2, 0.25) is 5.91 Å². The number of hydrogen-bond donors (Lipinski definition) is 2. The SMILES string of the molecule is CCN(CC(=O)NC)C(=O)c1sc2cc(Br)ccc2c1N. The van der Waals surface area contributed by atoms with Crippen molar-refractivity contribution in [2.24, 2.45) is 0 Å². The fraction of sp³-hybridized carbons (Fsp3) is 0.286. The van der Waals surface area contributed by atoms with E-state index in [2.05, 4.69) is 21.2 Å². The van der Waals surface area contributed by atoms with Crippen LogP contribution in [0.25, 0.3) is 10.1 Å². The Morgan fingerprint density at radius 2 is 2.14 bits per heavy atom. The predicted octanol–water partition coefficient (Wildman–Crippen LogP) is 2.45. The first-order chi connectivity index (χ1) is 9.97. The molecule has 112 valence electrons. The number of thiophene rings is 1. The molecule has 0 aliphatic carbocycles. The van der Waals surface area contributed by atoms with Crippen LogP contribution in [0.15, 0.2) is 22.7 Å². The summed E-state index contributed by atoms with van der Waals surface area (Å²) in [5.41, 5.74) is 6.57. The maximum Gasteiger partial charge on any atom is 0.266 e. The lowest BCUT2D eigenvalue weighted by atomic mass is 10.2. The molecule has 7 heteroatoms. The highest BCUT2D eigenvalue weighted by molar-refractivity contribution is 9.10. The monoisotopic (exact) mass is 369 g/mol. The number of carbonyl (C=O) groups excluding carboxylic acids is 2. The molecule has 0 atom stereocenters. The number of hydrogen-bond acceptors (Lipinski definition) is 4. The van der Waals surface area contributed by atoms with E-state index in [1.807, 2.05) is 25.1 Å². The number of nitrogen functional groups attached to an aromatic ring is 1. The second kappa shape index (κ2) is 6.44. The van der Waals surface area contributed by atoms with E-state index in [1.54, 1.807) is 7.05 Å². The summed E-state index contributed by atoms with van der Waals surface area (Å²) in [6.45, 7) is 2.31. The molecule has 0 radical (unpaired) electrons. The lowest BCUT2D eigenvalue weighted by molar-refractivity contribution is -0.121. The highest BCUT2D eigenvalue weighted by Gasteiger charge is 2.22. The molecule has 0 unspecified atom stereocenters. The van der Waals surface area contributed by atoms with Gasteiger partial charge in [-0.3, -0.25) is 9.59 Å². The van der Waals surface area contributed by atoms with Crippen LogP contribution in [0.2, 0.25) is 0 Å². The molecule has 3 N–H and O–H groups in total. The normalized spacial score (nSPS) is 10.6. The van der Waals surface area contributed by atoms with Crippen molar-refractivity contribution in [3.05, 3.63) is 27.5 Å². The molecule has 1 aromatic heterocycles. The number of carbonyl (C=O) groups is 2. The van der Waals surface area contributed by atoms with Crippen LogP contribution >= 0.6 is 27.3 Å². The predicted molar refractivity (Wildman–Crippen MR) is 89.6 cm³/mol. The van der Waals surface area contributed by atoms with Gasteiger partial charge in [0.1, 0.15) is 4.88 Å². The number of likely N-dealkylation sites (N-methyl/N-ethyl adjacent to an activating group) is 2. The lowest BCUT2D eigenvalue weighted by Crippen LogP contribution is -2.39. The van der Waals surface area contributed by atoms with Crippen molar-refractivity contribution in [1.29, 1.82) is 0 Å². The molecule has 1 heterocycles. The Bertz CT molecular complexity index is 699. The van der Waals surface area contributed by atoms with E-state index < -0.39 is 0 Å². The summed E-state index contributed by atoms with van der Waals surface area (Å²) < 4.78 is 1.88. The molecule has 2 rings (SSSR count). The zero-order valence-corrected chi connectivity index (χ0v) is 14.2. The van der Waals surface area contributed by atoms with Gasteiger partial charge >= 0.3 is 0 Å². The first-order valence-electron chi connectivity index (χ1n) is 6.45. The van der Waals surface area contributed by atoms with E-state index in [9.17, 15) is 9.59 Å². The molecule has 2 aromatic rings. The van der Waals surface area contributed by atoms with Crippen LogP contribution in [0, 0.1) is 0 Å². The van der Waals surface area contributed by atoms with Gasteiger partial charge in [-0.25, -0.2) is 0 Å². The molecule has 0 saturated heterocycles. The van der Waals surface area contributed by atoms with E-state index >= 15 is 0 Å². The quantitative estimate of drug-likeness (QED) is 0.868. The van der Waals surface area contributed by atoms with Crippen LogP contribution < -0.4 is 11.1 Å². The Balaban J connectivity index is 2.38. The molecule has 5 nitrogen and oxygen atoms in total. The minimum Gasteiger partial charge on any atom is -0.397 e. The van der Waals surface area contributed by atoms with E-state index in [-0.39, 0.29) is 18.4 Å². The highest BCUT2D eigenvalue weighted by Crippen LogP contribution is 2.35. The summed E-state index contributed by atoms with van der Waals surface area (Å²) in [6, 6.07) is 5.71. The van der Waals surface area contributed by atoms with E-state index in [0.717, 1.165) is 14.6 Å². The van der Waals surface area contributed by atoms with Crippen molar-refractivity contribution >= 4 is 54.9 Å². The number of fused-ring (bicyclic) bond motifs is 1. The maximum atomic E-state index is 12.6. The van der Waals surface area contributed by atoms with Crippen LogP contribution in [-0.2, 0) is 4.79 Å². The number of nitrogens with two attached hydrogens (primary N) is 1. The Hall–Kier alpha value is -1.60. The van der Waals surface area contributed by atoms with Crippen molar-refractivity contribution in [1.82, 2.24) is 10.2 Å². The van der Waals surface area contributed by atoms with Crippen molar-refractivity contribution in [3.8, 4) is 0 Å². The fourth-order valence-corrected chi connectivity index (χ4v) is 3.62. The third kappa shape index (κ3) is 3.19. The number of rotatable bonds is 4. The van der Waals surface area contributed by atoms with E-state index in [1.165, 1.54) is 16.2 Å². The van der Waals surface area contributed by atoms with Crippen molar-refractivity contribution < 1.29 is 9.59 Å². The minimum absolute atomic E-state index is 0.0310. The Morgan fingerprint density at radius 3 is 2.76 bits per heavy atom. The second-order valence-electron chi connectivity index (χ2n) is 4.48. The standard InChI is InChI=1S/C14H16BrN3O2S/c1-3-18(7-11(19)17-2)14(20)13-12(16)9-5-4-8(15)6-10(9)21-13/h4-6H,3,7,16H2,1-2H3,(H,17,19). The van der Waals surface area contributed by atoms with Crippen molar-refractivity contribution in [2.45, 2.75) is 6.92 Å². The zero-order valence-electron chi connectivity index (χ0n) is 11.8. The number of anilines is 1. The number of halogens is 1. The van der Waals surface area contributed by atoms with Gasteiger partial charge in [0.25, 0.3) is 5.91 Å². The Labute approximate surface area is 135 Å². The van der Waals surface area contributed by atoms with Crippen LogP contribution in [0.3, 0.4) is 0 Å². The van der Waals surface area contributed by atoms with Gasteiger partial charge in [-0.1, -0.05) is 22.0 Å². The topological polar surface area (TPSA) is 75.4 Å². The van der Waals surface area contributed by atoms with Crippen molar-refractivity contribution in [2.75, 3.05) is 25.9 Å². The van der Waals surface area contributed by atoms with Gasteiger partial charge in [0, 0.05) is 28.2 Å². The number of benzene rings is 1. The third-order valence-corrected chi connectivity index (χ3v) is 4.82. The highest BCUT2D eigenvalue weighted by atomic mass is 79.9. The second-order valence-corrected chi connectivity index (χ2v) is 6.45. The lowest BCUT2D eigenvalue weighted by Gasteiger charge is -2.19. The molecule has 0 bridgehead atoms. The Morgan fingerprint density at radius 1 is 1.43 bits per heavy atom. The van der Waals surface area contributed by atoms with E-state index in [4.69, 9.17) is 5.73 Å². The maximum absolute atomic E-state index is 12.6. The average Bonchev–Trinajstić information content (AvgIpc) is 2.80. The first kappa shape index (κ1) is 15.8. The van der Waals surface area contributed by atoms with Gasteiger partial charge in [-0.05, 0) is 19.1 Å². The number of nitrogens with one attached hydrogen (secondary N) is 1. The van der Waals surface area contributed by atoms with Gasteiger partial charge < -0.3 is 16.0 Å². The van der Waals surface area contributed by atoms with Crippen LogP contribution in [0.4, 0.5) is 5.69 Å². The summed E-state index contributed by atoms with van der Waals surface area (Å²) in [6.07, 6.45) is 0. The molecule has 21 heavy (non-hydrogen) atoms. The fourth-order valence-electron chi connectivity index (χ4n) is 1.97. The molecular formula is C14H16BrN3O2S. The molecular weight excluding hydrogens is 354 g/mol. The molecule has 0 saturated carbocycles. The summed E-state index contributed by atoms with van der Waals surface area (Å²) in [5, 5.41) is 3.38. The van der Waals surface area contributed by atoms with Gasteiger partial charge in [-0.15, -0.1) is 11.3 Å². The zero-order chi connectivity index (χ0) is 15.6. The molecule has 0 fully saturated rings. The molecule has 1 aromatic carbocycles. The summed E-state index contributed by atoms with van der Waals surface area (Å²) in [5.74, 6) is -0.413. The minimum atomic E-state index is -0.212. The van der Waals surface area contributed by atoms with Crippen LogP contribution in [-0.4, -0.2) is 36.9 Å². The Kier molecular flexibility index (Phi) is 4.84. The third-order valence-electron chi connectivity index (χ3n) is 3.17. The largest absolute Gasteiger partial charge is 0.397 e. The first-order valence-corrected chi connectivity index (χ1v) is 8.06. The molecule has 0 aliphatic heterocycles. The summed E-state index contributed by atoms with van der Waals surface area (Å²) in [4.78, 5) is 26.0. The van der Waals surface area contributed by atoms with Gasteiger partial charge in [0.05, 0.1) is 12.2 Å². The van der Waals surface area contributed by atoms with Crippen LogP contribution in [0.5, 0.6) is 0 Å². The van der Waals surface area contributed by atoms with E-state index in [0.29, 0.717) is 17.1 Å². The smallest absolute Gasteiger partial charge is 0.266 e. The average molecular weight is 370 g/mol. The summed E-state index contributed by atoms with van der Waals surface area (Å²) >= 11 is 4.75. The summed E-state index contributed by atoms with van der Waals surface area (Å²) in [7, 11) is 1.55. The molecule has 0 aliphatic rings. The molecule has 2 amide bonds.